The Hall–Kier alpha value is -3.74. The van der Waals surface area contributed by atoms with Crippen LogP contribution in [0.3, 0.4) is 0 Å². The number of carbonyl (C=O) groups excluding carboxylic acids is 2. The van der Waals surface area contributed by atoms with Crippen molar-refractivity contribution >= 4 is 29.1 Å². The van der Waals surface area contributed by atoms with Gasteiger partial charge in [0.1, 0.15) is 5.76 Å². The molecule has 0 atom stereocenters. The number of para-hydroxylation sites is 1. The number of furan rings is 1. The van der Waals surface area contributed by atoms with Crippen LogP contribution in [0.1, 0.15) is 11.3 Å². The first-order chi connectivity index (χ1) is 13.1. The molecule has 0 fully saturated rings. The normalized spacial score (nSPS) is 10.1. The molecule has 0 aliphatic heterocycles. The van der Waals surface area contributed by atoms with Gasteiger partial charge in [-0.2, -0.15) is 0 Å². The highest BCUT2D eigenvalue weighted by Crippen LogP contribution is 2.20. The van der Waals surface area contributed by atoms with Gasteiger partial charge in [-0.15, -0.1) is 0 Å². The van der Waals surface area contributed by atoms with Gasteiger partial charge in [-0.1, -0.05) is 24.3 Å². The van der Waals surface area contributed by atoms with E-state index >= 15 is 0 Å². The molecule has 27 heavy (non-hydrogen) atoms. The van der Waals surface area contributed by atoms with Crippen LogP contribution in [0, 0.1) is 6.92 Å². The SMILES string of the molecule is Cc1ccc(NC(=O)Nc2ccccc2)cc1NC(=O)NCc1ccco1. The van der Waals surface area contributed by atoms with E-state index in [-0.39, 0.29) is 18.6 Å². The molecule has 0 radical (unpaired) electrons. The molecular weight excluding hydrogens is 344 g/mol. The van der Waals surface area contributed by atoms with Crippen LogP contribution in [0.5, 0.6) is 0 Å². The minimum atomic E-state index is -0.363. The third-order valence-corrected chi connectivity index (χ3v) is 3.78. The van der Waals surface area contributed by atoms with Gasteiger partial charge in [0.2, 0.25) is 0 Å². The Kier molecular flexibility index (Phi) is 5.73. The molecule has 0 bridgehead atoms. The summed E-state index contributed by atoms with van der Waals surface area (Å²) in [6, 6.07) is 17.2. The molecule has 3 rings (SSSR count). The molecule has 1 aromatic heterocycles. The number of urea groups is 2. The molecule has 0 saturated carbocycles. The van der Waals surface area contributed by atoms with E-state index in [1.54, 1.807) is 42.7 Å². The van der Waals surface area contributed by atoms with Gasteiger partial charge in [-0.25, -0.2) is 9.59 Å². The van der Waals surface area contributed by atoms with Crippen molar-refractivity contribution in [2.75, 3.05) is 16.0 Å². The van der Waals surface area contributed by atoms with E-state index in [1.807, 2.05) is 31.2 Å². The highest BCUT2D eigenvalue weighted by Gasteiger charge is 2.08. The fraction of sp³-hybridized carbons (Fsp3) is 0.100. The third-order valence-electron chi connectivity index (χ3n) is 3.78. The maximum absolute atomic E-state index is 12.1. The molecule has 7 nitrogen and oxygen atoms in total. The van der Waals surface area contributed by atoms with Crippen molar-refractivity contribution in [2.45, 2.75) is 13.5 Å². The zero-order valence-electron chi connectivity index (χ0n) is 14.8. The van der Waals surface area contributed by atoms with Crippen molar-refractivity contribution in [1.82, 2.24) is 5.32 Å². The number of hydrogen-bond donors (Lipinski definition) is 4. The highest BCUT2D eigenvalue weighted by molar-refractivity contribution is 6.00. The number of hydrogen-bond acceptors (Lipinski definition) is 3. The fourth-order valence-corrected chi connectivity index (χ4v) is 2.40. The number of anilines is 3. The highest BCUT2D eigenvalue weighted by atomic mass is 16.3. The first kappa shape index (κ1) is 18.1. The topological polar surface area (TPSA) is 95.4 Å². The van der Waals surface area contributed by atoms with Crippen LogP contribution in [0.2, 0.25) is 0 Å². The molecule has 0 spiro atoms. The Morgan fingerprint density at radius 3 is 2.37 bits per heavy atom. The Balaban J connectivity index is 1.58. The second kappa shape index (κ2) is 8.57. The van der Waals surface area contributed by atoms with Crippen molar-refractivity contribution in [3.05, 3.63) is 78.3 Å². The smallest absolute Gasteiger partial charge is 0.323 e. The van der Waals surface area contributed by atoms with Gasteiger partial charge in [0.25, 0.3) is 0 Å². The minimum absolute atomic E-state index is 0.287. The van der Waals surface area contributed by atoms with Crippen molar-refractivity contribution in [3.63, 3.8) is 0 Å². The second-order valence-electron chi connectivity index (χ2n) is 5.86. The summed E-state index contributed by atoms with van der Waals surface area (Å²) in [6.45, 7) is 2.16. The molecule has 4 amide bonds. The average molecular weight is 364 g/mol. The Labute approximate surface area is 156 Å². The van der Waals surface area contributed by atoms with Gasteiger partial charge in [-0.3, -0.25) is 0 Å². The molecule has 0 saturated heterocycles. The summed E-state index contributed by atoms with van der Waals surface area (Å²) >= 11 is 0. The number of nitrogens with one attached hydrogen (secondary N) is 4. The van der Waals surface area contributed by atoms with E-state index in [4.69, 9.17) is 4.42 Å². The summed E-state index contributed by atoms with van der Waals surface area (Å²) in [5, 5.41) is 11.0. The predicted octanol–water partition coefficient (Wildman–Crippen LogP) is 4.55. The lowest BCUT2D eigenvalue weighted by atomic mass is 10.2. The standard InChI is InChI=1S/C20H20N4O3/c1-14-9-10-16(23-20(26)22-15-6-3-2-4-7-15)12-18(14)24-19(25)21-13-17-8-5-11-27-17/h2-12H,13H2,1H3,(H2,21,24,25)(H2,22,23,26). The van der Waals surface area contributed by atoms with Crippen molar-refractivity contribution in [2.24, 2.45) is 0 Å². The van der Waals surface area contributed by atoms with E-state index in [2.05, 4.69) is 21.3 Å². The lowest BCUT2D eigenvalue weighted by Gasteiger charge is -2.12. The third kappa shape index (κ3) is 5.37. The summed E-state index contributed by atoms with van der Waals surface area (Å²) in [4.78, 5) is 24.2. The van der Waals surface area contributed by atoms with Crippen molar-refractivity contribution in [1.29, 1.82) is 0 Å². The zero-order chi connectivity index (χ0) is 19.1. The summed E-state index contributed by atoms with van der Waals surface area (Å²) in [5.41, 5.74) is 2.73. The minimum Gasteiger partial charge on any atom is -0.467 e. The first-order valence-electron chi connectivity index (χ1n) is 8.41. The van der Waals surface area contributed by atoms with Crippen LogP contribution < -0.4 is 21.3 Å². The van der Waals surface area contributed by atoms with E-state index in [0.29, 0.717) is 22.8 Å². The second-order valence-corrected chi connectivity index (χ2v) is 5.86. The lowest BCUT2D eigenvalue weighted by molar-refractivity contribution is 0.250. The molecule has 4 N–H and O–H groups in total. The van der Waals surface area contributed by atoms with Gasteiger partial charge in [0.05, 0.1) is 12.8 Å². The lowest BCUT2D eigenvalue weighted by Crippen LogP contribution is -2.28. The Morgan fingerprint density at radius 2 is 1.63 bits per heavy atom. The number of aryl methyl sites for hydroxylation is 1. The van der Waals surface area contributed by atoms with E-state index in [1.165, 1.54) is 0 Å². The molecule has 0 unspecified atom stereocenters. The zero-order valence-corrected chi connectivity index (χ0v) is 14.8. The molecule has 1 heterocycles. The van der Waals surface area contributed by atoms with Gasteiger partial charge in [-0.05, 0) is 48.9 Å². The number of amides is 4. The molecule has 2 aromatic carbocycles. The quantitative estimate of drug-likeness (QED) is 0.535. The Bertz CT molecular complexity index is 908. The van der Waals surface area contributed by atoms with Crippen LogP contribution in [0.25, 0.3) is 0 Å². The van der Waals surface area contributed by atoms with E-state index < -0.39 is 0 Å². The monoisotopic (exact) mass is 364 g/mol. The van der Waals surface area contributed by atoms with Gasteiger partial charge < -0.3 is 25.7 Å². The molecule has 7 heteroatoms. The maximum Gasteiger partial charge on any atom is 0.323 e. The summed E-state index contributed by atoms with van der Waals surface area (Å²) in [5.74, 6) is 0.662. The van der Waals surface area contributed by atoms with Crippen LogP contribution in [0.15, 0.2) is 71.3 Å². The van der Waals surface area contributed by atoms with Crippen LogP contribution in [-0.2, 0) is 6.54 Å². The molecule has 3 aromatic rings. The van der Waals surface area contributed by atoms with Gasteiger partial charge in [0, 0.05) is 17.1 Å². The molecule has 138 valence electrons. The maximum atomic E-state index is 12.1. The fourth-order valence-electron chi connectivity index (χ4n) is 2.40. The van der Waals surface area contributed by atoms with E-state index in [0.717, 1.165) is 5.56 Å². The number of rotatable bonds is 5. The summed E-state index contributed by atoms with van der Waals surface area (Å²) in [6.07, 6.45) is 1.55. The van der Waals surface area contributed by atoms with Crippen molar-refractivity contribution in [3.8, 4) is 0 Å². The largest absolute Gasteiger partial charge is 0.467 e. The van der Waals surface area contributed by atoms with Crippen LogP contribution in [0.4, 0.5) is 26.7 Å². The number of benzene rings is 2. The summed E-state index contributed by atoms with van der Waals surface area (Å²) in [7, 11) is 0. The van der Waals surface area contributed by atoms with Gasteiger partial charge in [0.15, 0.2) is 0 Å². The van der Waals surface area contributed by atoms with Crippen LogP contribution in [-0.4, -0.2) is 12.1 Å². The van der Waals surface area contributed by atoms with Crippen molar-refractivity contribution < 1.29 is 14.0 Å². The Morgan fingerprint density at radius 1 is 0.852 bits per heavy atom. The summed E-state index contributed by atoms with van der Waals surface area (Å²) < 4.78 is 5.17. The number of carbonyl (C=O) groups is 2. The van der Waals surface area contributed by atoms with E-state index in [9.17, 15) is 9.59 Å². The first-order valence-corrected chi connectivity index (χ1v) is 8.41. The van der Waals surface area contributed by atoms with Gasteiger partial charge >= 0.3 is 12.1 Å². The molecule has 0 aliphatic carbocycles. The predicted molar refractivity (Wildman–Crippen MR) is 105 cm³/mol. The van der Waals surface area contributed by atoms with Crippen LogP contribution >= 0.6 is 0 Å². The average Bonchev–Trinajstić information content (AvgIpc) is 3.17. The molecular formula is C20H20N4O3. The molecule has 0 aliphatic rings.